The fraction of sp³-hybridized carbons (Fsp3) is 0.286. The Morgan fingerprint density at radius 1 is 1.11 bits per heavy atom. The van der Waals surface area contributed by atoms with Gasteiger partial charge in [0.1, 0.15) is 0 Å². The molecule has 4 nitrogen and oxygen atoms in total. The minimum absolute atomic E-state index is 0.0840. The monoisotopic (exact) mass is 244 g/mol. The second-order valence-electron chi connectivity index (χ2n) is 4.33. The van der Waals surface area contributed by atoms with Crippen molar-refractivity contribution in [3.8, 4) is 0 Å². The van der Waals surface area contributed by atoms with Crippen LogP contribution in [0.2, 0.25) is 0 Å². The van der Waals surface area contributed by atoms with Crippen molar-refractivity contribution in [2.24, 2.45) is 5.92 Å². The van der Waals surface area contributed by atoms with Crippen LogP contribution < -0.4 is 10.6 Å². The first-order valence-electron chi connectivity index (χ1n) is 6.03. The highest BCUT2D eigenvalue weighted by Gasteiger charge is 2.29. The van der Waals surface area contributed by atoms with E-state index in [2.05, 4.69) is 10.6 Å². The summed E-state index contributed by atoms with van der Waals surface area (Å²) < 4.78 is 0. The molecule has 0 aromatic heterocycles. The number of rotatable bonds is 4. The molecule has 1 aromatic rings. The summed E-state index contributed by atoms with van der Waals surface area (Å²) in [7, 11) is 0. The molecule has 0 atom stereocenters. The highest BCUT2D eigenvalue weighted by molar-refractivity contribution is 5.99. The van der Waals surface area contributed by atoms with E-state index in [1.54, 1.807) is 37.3 Å². The molecule has 0 radical (unpaired) electrons. The zero-order chi connectivity index (χ0) is 13.0. The van der Waals surface area contributed by atoms with Gasteiger partial charge < -0.3 is 10.6 Å². The molecular formula is C14H16N2O2. The van der Waals surface area contributed by atoms with E-state index in [9.17, 15) is 9.59 Å². The van der Waals surface area contributed by atoms with Gasteiger partial charge in [-0.25, -0.2) is 0 Å². The quantitative estimate of drug-likeness (QED) is 0.800. The SMILES string of the molecule is CC=CC(=O)Nc1ccc(NC(=O)C2CC2)cc1. The molecule has 0 unspecified atom stereocenters. The first kappa shape index (κ1) is 12.4. The lowest BCUT2D eigenvalue weighted by Gasteiger charge is -2.06. The number of benzene rings is 1. The maximum atomic E-state index is 11.5. The van der Waals surface area contributed by atoms with E-state index in [0.717, 1.165) is 18.5 Å². The van der Waals surface area contributed by atoms with Gasteiger partial charge in [0.15, 0.2) is 0 Å². The van der Waals surface area contributed by atoms with Crippen LogP contribution in [0.3, 0.4) is 0 Å². The smallest absolute Gasteiger partial charge is 0.248 e. The van der Waals surface area contributed by atoms with Crippen LogP contribution in [0.5, 0.6) is 0 Å². The van der Waals surface area contributed by atoms with E-state index in [4.69, 9.17) is 0 Å². The van der Waals surface area contributed by atoms with Gasteiger partial charge in [0, 0.05) is 17.3 Å². The Morgan fingerprint density at radius 3 is 2.17 bits per heavy atom. The lowest BCUT2D eigenvalue weighted by molar-refractivity contribution is -0.117. The van der Waals surface area contributed by atoms with Gasteiger partial charge in [-0.05, 0) is 50.1 Å². The topological polar surface area (TPSA) is 58.2 Å². The van der Waals surface area contributed by atoms with Crippen molar-refractivity contribution in [1.29, 1.82) is 0 Å². The molecule has 2 rings (SSSR count). The minimum Gasteiger partial charge on any atom is -0.326 e. The van der Waals surface area contributed by atoms with Crippen molar-refractivity contribution in [2.75, 3.05) is 10.6 Å². The number of hydrogen-bond acceptors (Lipinski definition) is 2. The Hall–Kier alpha value is -2.10. The molecule has 1 aliphatic carbocycles. The van der Waals surface area contributed by atoms with Gasteiger partial charge in [-0.15, -0.1) is 0 Å². The van der Waals surface area contributed by atoms with Gasteiger partial charge in [-0.1, -0.05) is 6.08 Å². The Kier molecular flexibility index (Phi) is 3.77. The third-order valence-electron chi connectivity index (χ3n) is 2.69. The standard InChI is InChI=1S/C14H16N2O2/c1-2-3-13(17)15-11-6-8-12(9-7-11)16-14(18)10-4-5-10/h2-3,6-10H,4-5H2,1H3,(H,15,17)(H,16,18). The summed E-state index contributed by atoms with van der Waals surface area (Å²) >= 11 is 0. The second kappa shape index (κ2) is 5.49. The van der Waals surface area contributed by atoms with Crippen molar-refractivity contribution in [2.45, 2.75) is 19.8 Å². The van der Waals surface area contributed by atoms with Crippen LogP contribution in [-0.4, -0.2) is 11.8 Å². The Labute approximate surface area is 106 Å². The van der Waals surface area contributed by atoms with Crippen LogP contribution in [-0.2, 0) is 9.59 Å². The molecular weight excluding hydrogens is 228 g/mol. The Bertz CT molecular complexity index is 473. The van der Waals surface area contributed by atoms with Crippen LogP contribution in [0, 0.1) is 5.92 Å². The number of anilines is 2. The fourth-order valence-corrected chi connectivity index (χ4v) is 1.56. The molecule has 0 aliphatic heterocycles. The lowest BCUT2D eigenvalue weighted by Crippen LogP contribution is -2.13. The zero-order valence-corrected chi connectivity index (χ0v) is 10.3. The number of amides is 2. The molecule has 1 fully saturated rings. The van der Waals surface area contributed by atoms with Crippen LogP contribution in [0.4, 0.5) is 11.4 Å². The van der Waals surface area contributed by atoms with Crippen LogP contribution in [0.25, 0.3) is 0 Å². The summed E-state index contributed by atoms with van der Waals surface area (Å²) in [6, 6.07) is 7.10. The Morgan fingerprint density at radius 2 is 1.67 bits per heavy atom. The Balaban J connectivity index is 1.92. The van der Waals surface area contributed by atoms with E-state index in [0.29, 0.717) is 5.69 Å². The van der Waals surface area contributed by atoms with Crippen molar-refractivity contribution in [3.63, 3.8) is 0 Å². The number of hydrogen-bond donors (Lipinski definition) is 2. The fourth-order valence-electron chi connectivity index (χ4n) is 1.56. The highest BCUT2D eigenvalue weighted by Crippen LogP contribution is 2.30. The molecule has 1 aliphatic rings. The van der Waals surface area contributed by atoms with Gasteiger partial charge in [0.2, 0.25) is 11.8 Å². The predicted octanol–water partition coefficient (Wildman–Crippen LogP) is 2.55. The average Bonchev–Trinajstić information content (AvgIpc) is 3.16. The van der Waals surface area contributed by atoms with E-state index >= 15 is 0 Å². The highest BCUT2D eigenvalue weighted by atomic mass is 16.2. The maximum Gasteiger partial charge on any atom is 0.248 e. The molecule has 0 bridgehead atoms. The number of carbonyl (C=O) groups excluding carboxylic acids is 2. The van der Waals surface area contributed by atoms with E-state index in [-0.39, 0.29) is 17.7 Å². The van der Waals surface area contributed by atoms with E-state index in [1.165, 1.54) is 6.08 Å². The van der Waals surface area contributed by atoms with Gasteiger partial charge >= 0.3 is 0 Å². The lowest BCUT2D eigenvalue weighted by atomic mass is 10.2. The third-order valence-corrected chi connectivity index (χ3v) is 2.69. The summed E-state index contributed by atoms with van der Waals surface area (Å²) in [5.41, 5.74) is 1.47. The van der Waals surface area contributed by atoms with Crippen molar-refractivity contribution < 1.29 is 9.59 Å². The minimum atomic E-state index is -0.160. The second-order valence-corrected chi connectivity index (χ2v) is 4.33. The summed E-state index contributed by atoms with van der Waals surface area (Å²) in [4.78, 5) is 22.8. The number of nitrogens with one attached hydrogen (secondary N) is 2. The summed E-state index contributed by atoms with van der Waals surface area (Å²) in [6.45, 7) is 1.79. The molecule has 18 heavy (non-hydrogen) atoms. The maximum absolute atomic E-state index is 11.5. The molecule has 0 saturated heterocycles. The normalized spacial score (nSPS) is 14.5. The zero-order valence-electron chi connectivity index (χ0n) is 10.3. The van der Waals surface area contributed by atoms with Crippen LogP contribution >= 0.6 is 0 Å². The van der Waals surface area contributed by atoms with Crippen molar-refractivity contribution in [3.05, 3.63) is 36.4 Å². The largest absolute Gasteiger partial charge is 0.326 e. The van der Waals surface area contributed by atoms with Crippen LogP contribution in [0.1, 0.15) is 19.8 Å². The molecule has 1 aromatic carbocycles. The predicted molar refractivity (Wildman–Crippen MR) is 71.2 cm³/mol. The van der Waals surface area contributed by atoms with E-state index < -0.39 is 0 Å². The van der Waals surface area contributed by atoms with Crippen molar-refractivity contribution in [1.82, 2.24) is 0 Å². The van der Waals surface area contributed by atoms with Gasteiger partial charge in [0.25, 0.3) is 0 Å². The molecule has 0 spiro atoms. The molecule has 2 amide bonds. The van der Waals surface area contributed by atoms with Crippen LogP contribution in [0.15, 0.2) is 36.4 Å². The molecule has 1 saturated carbocycles. The molecule has 94 valence electrons. The molecule has 2 N–H and O–H groups in total. The summed E-state index contributed by atoms with van der Waals surface area (Å²) in [5.74, 6) is 0.118. The molecule has 0 heterocycles. The number of carbonyl (C=O) groups is 2. The third kappa shape index (κ3) is 3.45. The van der Waals surface area contributed by atoms with Gasteiger partial charge in [-0.2, -0.15) is 0 Å². The first-order valence-corrected chi connectivity index (χ1v) is 6.03. The average molecular weight is 244 g/mol. The first-order chi connectivity index (χ1) is 8.69. The van der Waals surface area contributed by atoms with Gasteiger partial charge in [0.05, 0.1) is 0 Å². The van der Waals surface area contributed by atoms with E-state index in [1.807, 2.05) is 0 Å². The van der Waals surface area contributed by atoms with Crippen molar-refractivity contribution >= 4 is 23.2 Å². The molecule has 4 heteroatoms. The number of allylic oxidation sites excluding steroid dienone is 1. The summed E-state index contributed by atoms with van der Waals surface area (Å²) in [5, 5.41) is 5.56. The summed E-state index contributed by atoms with van der Waals surface area (Å²) in [6.07, 6.45) is 5.12. The van der Waals surface area contributed by atoms with Gasteiger partial charge in [-0.3, -0.25) is 9.59 Å².